The minimum Gasteiger partial charge on any atom is -0.398 e. The molecule has 1 fully saturated rings. The highest BCUT2D eigenvalue weighted by atomic mass is 35.5. The normalized spacial score (nSPS) is 23.1. The SMILES string of the molecule is CCN1C[C@@H](c2cccc(Cl)c2)[C@@](C=O)(c2ccc(Cl)cc2N)CCC1=O. The van der Waals surface area contributed by atoms with Gasteiger partial charge in [0.2, 0.25) is 5.91 Å². The molecule has 1 aliphatic heterocycles. The van der Waals surface area contributed by atoms with Gasteiger partial charge in [-0.2, -0.15) is 0 Å². The average molecular weight is 405 g/mol. The van der Waals surface area contributed by atoms with E-state index >= 15 is 0 Å². The number of nitrogens with zero attached hydrogens (tertiary/aromatic N) is 1. The number of hydrogen-bond donors (Lipinski definition) is 1. The van der Waals surface area contributed by atoms with E-state index in [0.29, 0.717) is 40.8 Å². The quantitative estimate of drug-likeness (QED) is 0.604. The number of aldehydes is 1. The highest BCUT2D eigenvalue weighted by molar-refractivity contribution is 6.31. The fourth-order valence-electron chi connectivity index (χ4n) is 4.05. The Hall–Kier alpha value is -2.04. The van der Waals surface area contributed by atoms with E-state index in [1.165, 1.54) is 0 Å². The summed E-state index contributed by atoms with van der Waals surface area (Å²) in [6, 6.07) is 12.7. The molecule has 2 atom stereocenters. The Morgan fingerprint density at radius 1 is 1.22 bits per heavy atom. The van der Waals surface area contributed by atoms with Crippen molar-refractivity contribution in [2.45, 2.75) is 31.1 Å². The Bertz CT molecular complexity index is 871. The number of amides is 1. The van der Waals surface area contributed by atoms with Gasteiger partial charge in [0.1, 0.15) is 6.29 Å². The Morgan fingerprint density at radius 2 is 1.96 bits per heavy atom. The maximum atomic E-state index is 12.6. The zero-order valence-corrected chi connectivity index (χ0v) is 16.6. The second-order valence-electron chi connectivity index (χ2n) is 6.93. The van der Waals surface area contributed by atoms with Crippen LogP contribution in [0.5, 0.6) is 0 Å². The van der Waals surface area contributed by atoms with Crippen molar-refractivity contribution in [3.63, 3.8) is 0 Å². The molecular weight excluding hydrogens is 383 g/mol. The molecule has 3 rings (SSSR count). The van der Waals surface area contributed by atoms with Crippen molar-refractivity contribution in [2.75, 3.05) is 18.8 Å². The average Bonchev–Trinajstić information content (AvgIpc) is 2.79. The second kappa shape index (κ2) is 7.91. The summed E-state index contributed by atoms with van der Waals surface area (Å²) in [5.74, 6) is -0.218. The molecule has 2 N–H and O–H groups in total. The van der Waals surface area contributed by atoms with Crippen LogP contribution in [0, 0.1) is 0 Å². The largest absolute Gasteiger partial charge is 0.398 e. The van der Waals surface area contributed by atoms with Crippen molar-refractivity contribution in [3.05, 3.63) is 63.6 Å². The third-order valence-electron chi connectivity index (χ3n) is 5.49. The van der Waals surface area contributed by atoms with E-state index in [-0.39, 0.29) is 18.2 Å². The van der Waals surface area contributed by atoms with E-state index in [1.54, 1.807) is 29.2 Å². The van der Waals surface area contributed by atoms with Gasteiger partial charge < -0.3 is 15.4 Å². The van der Waals surface area contributed by atoms with Crippen LogP contribution in [0.3, 0.4) is 0 Å². The summed E-state index contributed by atoms with van der Waals surface area (Å²) >= 11 is 12.3. The van der Waals surface area contributed by atoms with Crippen LogP contribution in [-0.4, -0.2) is 30.2 Å². The van der Waals surface area contributed by atoms with E-state index in [0.717, 1.165) is 11.8 Å². The summed E-state index contributed by atoms with van der Waals surface area (Å²) in [5, 5.41) is 1.10. The number of halogens is 2. The summed E-state index contributed by atoms with van der Waals surface area (Å²) in [6.45, 7) is 2.95. The monoisotopic (exact) mass is 404 g/mol. The molecule has 1 amide bonds. The van der Waals surface area contributed by atoms with Gasteiger partial charge in [0, 0.05) is 41.2 Å². The predicted octanol–water partition coefficient (Wildman–Crippen LogP) is 4.44. The van der Waals surface area contributed by atoms with Crippen LogP contribution in [0.25, 0.3) is 0 Å². The topological polar surface area (TPSA) is 63.4 Å². The summed E-state index contributed by atoms with van der Waals surface area (Å²) < 4.78 is 0. The predicted molar refractivity (Wildman–Crippen MR) is 109 cm³/mol. The van der Waals surface area contributed by atoms with Crippen LogP contribution in [0.2, 0.25) is 10.0 Å². The van der Waals surface area contributed by atoms with E-state index < -0.39 is 5.41 Å². The molecule has 0 spiro atoms. The first-order chi connectivity index (χ1) is 12.9. The molecule has 0 bridgehead atoms. The molecule has 27 heavy (non-hydrogen) atoms. The zero-order chi connectivity index (χ0) is 19.6. The number of rotatable bonds is 4. The van der Waals surface area contributed by atoms with Crippen molar-refractivity contribution >= 4 is 41.1 Å². The summed E-state index contributed by atoms with van der Waals surface area (Å²) in [7, 11) is 0. The Morgan fingerprint density at radius 3 is 2.59 bits per heavy atom. The molecule has 0 radical (unpaired) electrons. The van der Waals surface area contributed by atoms with Crippen LogP contribution in [0.4, 0.5) is 5.69 Å². The van der Waals surface area contributed by atoms with Gasteiger partial charge >= 0.3 is 0 Å². The molecule has 1 saturated heterocycles. The van der Waals surface area contributed by atoms with Gasteiger partial charge in [0.05, 0.1) is 5.41 Å². The molecule has 0 aromatic heterocycles. The number of benzene rings is 2. The Kier molecular flexibility index (Phi) is 5.78. The smallest absolute Gasteiger partial charge is 0.222 e. The first kappa shape index (κ1) is 19.7. The number of nitrogen functional groups attached to an aromatic ring is 1. The van der Waals surface area contributed by atoms with Crippen molar-refractivity contribution in [3.8, 4) is 0 Å². The third kappa shape index (κ3) is 3.69. The molecule has 0 saturated carbocycles. The van der Waals surface area contributed by atoms with Crippen LogP contribution in [-0.2, 0) is 15.0 Å². The second-order valence-corrected chi connectivity index (χ2v) is 7.80. The summed E-state index contributed by atoms with van der Waals surface area (Å²) in [6.07, 6.45) is 1.62. The highest BCUT2D eigenvalue weighted by Gasteiger charge is 2.46. The molecule has 2 aromatic rings. The van der Waals surface area contributed by atoms with Crippen LogP contribution >= 0.6 is 23.2 Å². The molecule has 0 aliphatic carbocycles. The fraction of sp³-hybridized carbons (Fsp3) is 0.333. The number of anilines is 1. The number of carbonyl (C=O) groups is 2. The van der Waals surface area contributed by atoms with E-state index in [1.807, 2.05) is 25.1 Å². The first-order valence-electron chi connectivity index (χ1n) is 8.96. The molecule has 6 heteroatoms. The molecule has 142 valence electrons. The molecule has 0 unspecified atom stereocenters. The minimum absolute atomic E-state index is 0.0424. The van der Waals surface area contributed by atoms with Crippen LogP contribution < -0.4 is 5.73 Å². The Balaban J connectivity index is 2.23. The fourth-order valence-corrected chi connectivity index (χ4v) is 4.43. The molecule has 1 heterocycles. The summed E-state index contributed by atoms with van der Waals surface area (Å²) in [4.78, 5) is 27.0. The molecule has 4 nitrogen and oxygen atoms in total. The number of likely N-dealkylation sites (N-methyl/N-ethyl adjacent to an activating group) is 1. The third-order valence-corrected chi connectivity index (χ3v) is 5.96. The van der Waals surface area contributed by atoms with Gasteiger partial charge in [-0.15, -0.1) is 0 Å². The maximum Gasteiger partial charge on any atom is 0.222 e. The molecular formula is C21H22Cl2N2O2. The number of nitrogens with two attached hydrogens (primary N) is 1. The highest BCUT2D eigenvalue weighted by Crippen LogP contribution is 2.46. The summed E-state index contributed by atoms with van der Waals surface area (Å²) in [5.41, 5.74) is 7.41. The lowest BCUT2D eigenvalue weighted by Crippen LogP contribution is -2.40. The Labute approximate surface area is 169 Å². The standard InChI is InChI=1S/C21H22Cl2N2O2/c1-2-25-12-18(14-4-3-5-15(22)10-14)21(13-26,9-8-20(25)27)17-7-6-16(23)11-19(17)24/h3-7,10-11,13,18H,2,8-9,12,24H2,1H3/t18-,21-/m0/s1. The number of carbonyl (C=O) groups excluding carboxylic acids is 2. The van der Waals surface area contributed by atoms with Gasteiger partial charge in [-0.05, 0) is 48.7 Å². The molecule has 1 aliphatic rings. The zero-order valence-electron chi connectivity index (χ0n) is 15.1. The van der Waals surface area contributed by atoms with Gasteiger partial charge in [-0.1, -0.05) is 41.4 Å². The van der Waals surface area contributed by atoms with Crippen LogP contribution in [0.15, 0.2) is 42.5 Å². The van der Waals surface area contributed by atoms with E-state index in [4.69, 9.17) is 28.9 Å². The lowest BCUT2D eigenvalue weighted by molar-refractivity contribution is -0.130. The van der Waals surface area contributed by atoms with Gasteiger partial charge in [0.25, 0.3) is 0 Å². The lowest BCUT2D eigenvalue weighted by atomic mass is 9.66. The minimum atomic E-state index is -0.932. The van der Waals surface area contributed by atoms with Crippen molar-refractivity contribution in [1.82, 2.24) is 4.90 Å². The van der Waals surface area contributed by atoms with Crippen molar-refractivity contribution in [2.24, 2.45) is 0 Å². The maximum absolute atomic E-state index is 12.6. The van der Waals surface area contributed by atoms with Crippen molar-refractivity contribution in [1.29, 1.82) is 0 Å². The number of likely N-dealkylation sites (tertiary alicyclic amines) is 1. The van der Waals surface area contributed by atoms with Gasteiger partial charge in [-0.3, -0.25) is 4.79 Å². The van der Waals surface area contributed by atoms with Gasteiger partial charge in [-0.25, -0.2) is 0 Å². The van der Waals surface area contributed by atoms with Crippen molar-refractivity contribution < 1.29 is 9.59 Å². The van der Waals surface area contributed by atoms with E-state index in [9.17, 15) is 9.59 Å². The van der Waals surface area contributed by atoms with E-state index in [2.05, 4.69) is 0 Å². The van der Waals surface area contributed by atoms with Gasteiger partial charge in [0.15, 0.2) is 0 Å². The van der Waals surface area contributed by atoms with Crippen LogP contribution in [0.1, 0.15) is 36.8 Å². The first-order valence-corrected chi connectivity index (χ1v) is 9.72. The number of hydrogen-bond acceptors (Lipinski definition) is 3. The lowest BCUT2D eigenvalue weighted by Gasteiger charge is -2.37. The molecule has 2 aromatic carbocycles.